The maximum atomic E-state index is 11.3. The number of furan rings is 1. The highest BCUT2D eigenvalue weighted by Crippen LogP contribution is 2.20. The summed E-state index contributed by atoms with van der Waals surface area (Å²) in [5, 5.41) is 2.86. The Morgan fingerprint density at radius 2 is 2.05 bits per heavy atom. The Morgan fingerprint density at radius 3 is 2.68 bits per heavy atom. The van der Waals surface area contributed by atoms with Gasteiger partial charge in [-0.2, -0.15) is 13.4 Å². The van der Waals surface area contributed by atoms with Crippen LogP contribution in [0.1, 0.15) is 11.5 Å². The highest BCUT2D eigenvalue weighted by molar-refractivity contribution is 8.12. The largest absolute Gasteiger partial charge is 0.443 e. The first-order chi connectivity index (χ1) is 8.74. The van der Waals surface area contributed by atoms with Crippen LogP contribution in [0.25, 0.3) is 11.1 Å². The summed E-state index contributed by atoms with van der Waals surface area (Å²) in [5.41, 5.74) is 0.889. The van der Waals surface area contributed by atoms with Crippen LogP contribution in [0.15, 0.2) is 10.5 Å². The van der Waals surface area contributed by atoms with Gasteiger partial charge in [0.15, 0.2) is 0 Å². The summed E-state index contributed by atoms with van der Waals surface area (Å²) in [7, 11) is 0.704. The van der Waals surface area contributed by atoms with Crippen LogP contribution >= 0.6 is 10.7 Å². The summed E-state index contributed by atoms with van der Waals surface area (Å²) in [6, 6.07) is 0.703. The van der Waals surface area contributed by atoms with Crippen molar-refractivity contribution in [3.63, 3.8) is 0 Å². The van der Waals surface area contributed by atoms with Gasteiger partial charge >= 0.3 is 15.3 Å². The van der Waals surface area contributed by atoms with E-state index in [0.717, 1.165) is 0 Å². The molecule has 0 saturated heterocycles. The lowest BCUT2D eigenvalue weighted by Gasteiger charge is -2.04. The van der Waals surface area contributed by atoms with Crippen LogP contribution in [0.3, 0.4) is 0 Å². The number of halogens is 1. The van der Waals surface area contributed by atoms with Crippen LogP contribution in [-0.2, 0) is 9.24 Å². The van der Waals surface area contributed by atoms with E-state index in [0.29, 0.717) is 22.6 Å². The van der Waals surface area contributed by atoms with E-state index >= 15 is 0 Å². The standard InChI is InChI=1S/C9H9ClN4O4S/c1-4-3-6-5(2)11-8(12-7(6)18-4)13-9(15)14-19(10,16)17/h3H,1-2H3,(H2,11,12,13,14,15). The summed E-state index contributed by atoms with van der Waals surface area (Å²) in [6.45, 7) is 3.46. The van der Waals surface area contributed by atoms with Gasteiger partial charge in [-0.25, -0.2) is 14.5 Å². The van der Waals surface area contributed by atoms with Gasteiger partial charge in [-0.3, -0.25) is 5.32 Å². The number of hydrogen-bond donors (Lipinski definition) is 2. The maximum absolute atomic E-state index is 11.3. The molecule has 2 aromatic heterocycles. The van der Waals surface area contributed by atoms with E-state index < -0.39 is 15.3 Å². The number of hydrogen-bond acceptors (Lipinski definition) is 6. The number of anilines is 1. The summed E-state index contributed by atoms with van der Waals surface area (Å²) in [5.74, 6) is 0.564. The molecule has 0 atom stereocenters. The van der Waals surface area contributed by atoms with Crippen molar-refractivity contribution in [1.29, 1.82) is 0 Å². The minimum atomic E-state index is -4.16. The van der Waals surface area contributed by atoms with E-state index in [1.807, 2.05) is 0 Å². The number of fused-ring (bicyclic) bond motifs is 1. The van der Waals surface area contributed by atoms with Crippen molar-refractivity contribution >= 4 is 43.0 Å². The summed E-state index contributed by atoms with van der Waals surface area (Å²) < 4.78 is 28.1. The van der Waals surface area contributed by atoms with E-state index in [1.54, 1.807) is 19.9 Å². The fraction of sp³-hybridized carbons (Fsp3) is 0.222. The summed E-state index contributed by atoms with van der Waals surface area (Å²) in [6.07, 6.45) is 0. The van der Waals surface area contributed by atoms with Crippen LogP contribution in [0.5, 0.6) is 0 Å². The predicted octanol–water partition coefficient (Wildman–Crippen LogP) is 1.44. The van der Waals surface area contributed by atoms with E-state index in [9.17, 15) is 13.2 Å². The smallest absolute Gasteiger partial charge is 0.336 e. The van der Waals surface area contributed by atoms with Crippen LogP contribution in [0.4, 0.5) is 10.7 Å². The van der Waals surface area contributed by atoms with Crippen molar-refractivity contribution in [2.75, 3.05) is 5.32 Å². The van der Waals surface area contributed by atoms with Crippen molar-refractivity contribution in [1.82, 2.24) is 14.7 Å². The van der Waals surface area contributed by atoms with E-state index in [1.165, 1.54) is 4.72 Å². The predicted molar refractivity (Wildman–Crippen MR) is 68.2 cm³/mol. The number of aromatic nitrogens is 2. The Hall–Kier alpha value is -1.87. The topological polar surface area (TPSA) is 114 Å². The molecule has 2 rings (SSSR count). The molecule has 0 saturated carbocycles. The first kappa shape index (κ1) is 13.6. The Balaban J connectivity index is 2.29. The van der Waals surface area contributed by atoms with E-state index in [-0.39, 0.29) is 5.95 Å². The molecule has 19 heavy (non-hydrogen) atoms. The molecule has 2 amide bonds. The van der Waals surface area contributed by atoms with E-state index in [2.05, 4.69) is 15.3 Å². The third-order valence-corrected chi connectivity index (χ3v) is 2.81. The first-order valence-corrected chi connectivity index (χ1v) is 7.34. The normalized spacial score (nSPS) is 11.5. The zero-order valence-electron chi connectivity index (χ0n) is 9.89. The molecule has 102 valence electrons. The quantitative estimate of drug-likeness (QED) is 0.811. The number of nitrogens with one attached hydrogen (secondary N) is 2. The van der Waals surface area contributed by atoms with Gasteiger partial charge in [0.25, 0.3) is 0 Å². The fourth-order valence-corrected chi connectivity index (χ4v) is 1.96. The van der Waals surface area contributed by atoms with Gasteiger partial charge in [0, 0.05) is 10.7 Å². The van der Waals surface area contributed by atoms with Crippen molar-refractivity contribution in [2.24, 2.45) is 0 Å². The lowest BCUT2D eigenvalue weighted by molar-refractivity contribution is 0.256. The number of amides is 2. The molecule has 2 aromatic rings. The molecule has 0 aliphatic heterocycles. The highest BCUT2D eigenvalue weighted by atomic mass is 35.7. The van der Waals surface area contributed by atoms with Crippen molar-refractivity contribution < 1.29 is 17.6 Å². The Morgan fingerprint density at radius 1 is 1.37 bits per heavy atom. The molecule has 2 heterocycles. The molecular weight excluding hydrogens is 296 g/mol. The number of carbonyl (C=O) groups is 1. The monoisotopic (exact) mass is 304 g/mol. The minimum Gasteiger partial charge on any atom is -0.443 e. The molecule has 0 unspecified atom stereocenters. The summed E-state index contributed by atoms with van der Waals surface area (Å²) in [4.78, 5) is 19.2. The van der Waals surface area contributed by atoms with Gasteiger partial charge < -0.3 is 4.42 Å². The lowest BCUT2D eigenvalue weighted by Crippen LogP contribution is -2.31. The number of nitrogens with zero attached hydrogens (tertiary/aromatic N) is 2. The molecule has 0 spiro atoms. The van der Waals surface area contributed by atoms with Crippen molar-refractivity contribution in [3.8, 4) is 0 Å². The number of aryl methyl sites for hydroxylation is 2. The average molecular weight is 305 g/mol. The van der Waals surface area contributed by atoms with Crippen LogP contribution in [0, 0.1) is 13.8 Å². The summed E-state index contributed by atoms with van der Waals surface area (Å²) >= 11 is 0. The molecule has 10 heteroatoms. The van der Waals surface area contributed by atoms with Crippen molar-refractivity contribution in [3.05, 3.63) is 17.5 Å². The van der Waals surface area contributed by atoms with Crippen LogP contribution in [0.2, 0.25) is 0 Å². The SMILES string of the molecule is Cc1cc2c(C)nc(NC(=O)NS(=O)(=O)Cl)nc2o1. The molecule has 8 nitrogen and oxygen atoms in total. The van der Waals surface area contributed by atoms with Crippen LogP contribution in [-0.4, -0.2) is 24.4 Å². The molecule has 0 fully saturated rings. The van der Waals surface area contributed by atoms with Gasteiger partial charge in [-0.05, 0) is 19.9 Å². The molecule has 0 radical (unpaired) electrons. The second kappa shape index (κ2) is 4.67. The minimum absolute atomic E-state index is 0.0860. The lowest BCUT2D eigenvalue weighted by atomic mass is 10.3. The second-order valence-corrected chi connectivity index (χ2v) is 6.00. The Bertz CT molecular complexity index is 755. The molecular formula is C9H9ClN4O4S. The highest BCUT2D eigenvalue weighted by Gasteiger charge is 2.14. The molecule has 2 N–H and O–H groups in total. The van der Waals surface area contributed by atoms with E-state index in [4.69, 9.17) is 15.1 Å². The number of urea groups is 1. The molecule has 0 aliphatic rings. The van der Waals surface area contributed by atoms with Crippen LogP contribution < -0.4 is 10.0 Å². The zero-order chi connectivity index (χ0) is 14.2. The maximum Gasteiger partial charge on any atom is 0.336 e. The van der Waals surface area contributed by atoms with Gasteiger partial charge in [-0.1, -0.05) is 0 Å². The fourth-order valence-electron chi connectivity index (χ4n) is 1.48. The zero-order valence-corrected chi connectivity index (χ0v) is 11.5. The average Bonchev–Trinajstić information content (AvgIpc) is 2.55. The second-order valence-electron chi connectivity index (χ2n) is 3.70. The van der Waals surface area contributed by atoms with Crippen molar-refractivity contribution in [2.45, 2.75) is 13.8 Å². The van der Waals surface area contributed by atoms with Gasteiger partial charge in [-0.15, -0.1) is 0 Å². The number of rotatable bonds is 2. The number of carbonyl (C=O) groups excluding carboxylic acids is 1. The first-order valence-electron chi connectivity index (χ1n) is 5.03. The molecule has 0 aliphatic carbocycles. The van der Waals surface area contributed by atoms with Gasteiger partial charge in [0.2, 0.25) is 11.7 Å². The molecule has 0 bridgehead atoms. The third kappa shape index (κ3) is 3.32. The molecule has 0 aromatic carbocycles. The Labute approximate surface area is 112 Å². The Kier molecular flexibility index (Phi) is 3.33. The third-order valence-electron chi connectivity index (χ3n) is 2.15. The van der Waals surface area contributed by atoms with Gasteiger partial charge in [0.1, 0.15) is 5.76 Å². The van der Waals surface area contributed by atoms with Gasteiger partial charge in [0.05, 0.1) is 11.1 Å².